The van der Waals surface area contributed by atoms with Gasteiger partial charge in [0.15, 0.2) is 17.3 Å². The van der Waals surface area contributed by atoms with E-state index in [1.807, 2.05) is 18.2 Å². The smallest absolute Gasteiger partial charge is 0.231 e. The summed E-state index contributed by atoms with van der Waals surface area (Å²) < 4.78 is 21.5. The lowest BCUT2D eigenvalue weighted by Gasteiger charge is -2.04. The second-order valence-corrected chi connectivity index (χ2v) is 5.12. The number of rotatable bonds is 6. The Morgan fingerprint density at radius 3 is 2.95 bits per heavy atom. The third kappa shape index (κ3) is 3.46. The predicted octanol–water partition coefficient (Wildman–Crippen LogP) is 2.48. The van der Waals surface area contributed by atoms with Crippen molar-refractivity contribution in [2.24, 2.45) is 0 Å². The zero-order valence-electron chi connectivity index (χ0n) is 12.1. The van der Waals surface area contributed by atoms with Gasteiger partial charge in [0.2, 0.25) is 6.79 Å². The number of benzene rings is 1. The monoisotopic (exact) mass is 290 g/mol. The number of nitrogens with zero attached hydrogens (tertiary/aromatic N) is 1. The molecular weight excluding hydrogens is 272 g/mol. The number of aromatic nitrogens is 1. The van der Waals surface area contributed by atoms with Gasteiger partial charge >= 0.3 is 0 Å². The SMILES string of the molecule is CC(C)NCc1cc(COc2ccc3c(c2)OCO3)on1. The van der Waals surface area contributed by atoms with Crippen molar-refractivity contribution in [3.05, 3.63) is 35.7 Å². The van der Waals surface area contributed by atoms with Crippen molar-refractivity contribution in [2.75, 3.05) is 6.79 Å². The van der Waals surface area contributed by atoms with E-state index in [1.54, 1.807) is 6.07 Å². The average Bonchev–Trinajstić information content (AvgIpc) is 3.11. The van der Waals surface area contributed by atoms with Crippen LogP contribution in [0.5, 0.6) is 17.2 Å². The lowest BCUT2D eigenvalue weighted by molar-refractivity contribution is 0.173. The lowest BCUT2D eigenvalue weighted by atomic mass is 10.3. The summed E-state index contributed by atoms with van der Waals surface area (Å²) in [5.74, 6) is 2.83. The highest BCUT2D eigenvalue weighted by molar-refractivity contribution is 5.46. The zero-order chi connectivity index (χ0) is 14.7. The van der Waals surface area contributed by atoms with Gasteiger partial charge < -0.3 is 24.1 Å². The molecule has 1 aromatic carbocycles. The molecule has 0 atom stereocenters. The van der Waals surface area contributed by atoms with Crippen LogP contribution in [0.2, 0.25) is 0 Å². The summed E-state index contributed by atoms with van der Waals surface area (Å²) >= 11 is 0. The van der Waals surface area contributed by atoms with Gasteiger partial charge in [-0.15, -0.1) is 0 Å². The number of ether oxygens (including phenoxy) is 3. The normalized spacial score (nSPS) is 12.9. The van der Waals surface area contributed by atoms with Crippen LogP contribution < -0.4 is 19.5 Å². The minimum Gasteiger partial charge on any atom is -0.485 e. The molecule has 6 heteroatoms. The molecule has 0 fully saturated rings. The summed E-state index contributed by atoms with van der Waals surface area (Å²) in [6, 6.07) is 7.78. The van der Waals surface area contributed by atoms with Gasteiger partial charge in [0.25, 0.3) is 0 Å². The molecule has 1 aromatic heterocycles. The summed E-state index contributed by atoms with van der Waals surface area (Å²) in [6.45, 7) is 5.44. The second-order valence-electron chi connectivity index (χ2n) is 5.12. The number of hydrogen-bond acceptors (Lipinski definition) is 6. The van der Waals surface area contributed by atoms with E-state index in [9.17, 15) is 0 Å². The Morgan fingerprint density at radius 1 is 1.24 bits per heavy atom. The van der Waals surface area contributed by atoms with Gasteiger partial charge in [-0.2, -0.15) is 0 Å². The summed E-state index contributed by atoms with van der Waals surface area (Å²) in [5, 5.41) is 7.28. The van der Waals surface area contributed by atoms with Gasteiger partial charge in [-0.25, -0.2) is 0 Å². The molecule has 21 heavy (non-hydrogen) atoms. The molecule has 2 aromatic rings. The highest BCUT2D eigenvalue weighted by Gasteiger charge is 2.14. The van der Waals surface area contributed by atoms with Crippen molar-refractivity contribution < 1.29 is 18.7 Å². The quantitative estimate of drug-likeness (QED) is 0.881. The van der Waals surface area contributed by atoms with Gasteiger partial charge in [-0.1, -0.05) is 19.0 Å². The Kier molecular flexibility index (Phi) is 3.96. The first-order chi connectivity index (χ1) is 10.2. The second kappa shape index (κ2) is 6.05. The third-order valence-electron chi connectivity index (χ3n) is 3.02. The van der Waals surface area contributed by atoms with Gasteiger partial charge in [0.1, 0.15) is 12.4 Å². The van der Waals surface area contributed by atoms with E-state index in [0.29, 0.717) is 36.5 Å². The van der Waals surface area contributed by atoms with Crippen LogP contribution >= 0.6 is 0 Å². The number of fused-ring (bicyclic) bond motifs is 1. The molecule has 0 aliphatic carbocycles. The molecule has 1 aliphatic rings. The maximum atomic E-state index is 5.67. The first-order valence-corrected chi connectivity index (χ1v) is 6.91. The molecule has 3 rings (SSSR count). The molecule has 0 radical (unpaired) electrons. The van der Waals surface area contributed by atoms with Gasteiger partial charge in [0, 0.05) is 24.7 Å². The minimum absolute atomic E-state index is 0.257. The Bertz CT molecular complexity index is 609. The molecule has 0 saturated carbocycles. The third-order valence-corrected chi connectivity index (χ3v) is 3.02. The van der Waals surface area contributed by atoms with Crippen LogP contribution in [0.4, 0.5) is 0 Å². The van der Waals surface area contributed by atoms with Crippen LogP contribution in [0.1, 0.15) is 25.3 Å². The Balaban J connectivity index is 1.55. The van der Waals surface area contributed by atoms with Gasteiger partial charge in [-0.3, -0.25) is 0 Å². The van der Waals surface area contributed by atoms with E-state index in [2.05, 4.69) is 24.3 Å². The van der Waals surface area contributed by atoms with Crippen LogP contribution in [0.3, 0.4) is 0 Å². The fourth-order valence-corrected chi connectivity index (χ4v) is 1.94. The predicted molar refractivity (Wildman–Crippen MR) is 75.4 cm³/mol. The van der Waals surface area contributed by atoms with Crippen molar-refractivity contribution in [1.29, 1.82) is 0 Å². The van der Waals surface area contributed by atoms with E-state index >= 15 is 0 Å². The van der Waals surface area contributed by atoms with E-state index in [-0.39, 0.29) is 6.79 Å². The fourth-order valence-electron chi connectivity index (χ4n) is 1.94. The maximum absolute atomic E-state index is 5.67. The minimum atomic E-state index is 0.257. The van der Waals surface area contributed by atoms with E-state index in [1.165, 1.54) is 0 Å². The maximum Gasteiger partial charge on any atom is 0.231 e. The Labute approximate surface area is 123 Å². The number of nitrogens with one attached hydrogen (secondary N) is 1. The summed E-state index contributed by atoms with van der Waals surface area (Å²) in [7, 11) is 0. The topological polar surface area (TPSA) is 65.8 Å². The molecule has 0 spiro atoms. The van der Waals surface area contributed by atoms with Crippen molar-refractivity contribution in [2.45, 2.75) is 33.0 Å². The van der Waals surface area contributed by atoms with Gasteiger partial charge in [-0.05, 0) is 12.1 Å². The highest BCUT2D eigenvalue weighted by Crippen LogP contribution is 2.35. The lowest BCUT2D eigenvalue weighted by Crippen LogP contribution is -2.21. The van der Waals surface area contributed by atoms with Crippen LogP contribution in [-0.4, -0.2) is 18.0 Å². The molecule has 0 saturated heterocycles. The molecule has 0 unspecified atom stereocenters. The molecule has 2 heterocycles. The van der Waals surface area contributed by atoms with Crippen molar-refractivity contribution in [3.63, 3.8) is 0 Å². The van der Waals surface area contributed by atoms with Crippen LogP contribution in [0, 0.1) is 0 Å². The summed E-state index contributed by atoms with van der Waals surface area (Å²) in [4.78, 5) is 0. The van der Waals surface area contributed by atoms with Gasteiger partial charge in [0.05, 0.1) is 5.69 Å². The number of hydrogen-bond donors (Lipinski definition) is 1. The Hall–Kier alpha value is -2.21. The van der Waals surface area contributed by atoms with Crippen molar-refractivity contribution in [3.8, 4) is 17.2 Å². The standard InChI is InChI=1S/C15H18N2O4/c1-10(2)16-7-11-5-13(21-17-11)8-18-12-3-4-14-15(6-12)20-9-19-14/h3-6,10,16H,7-9H2,1-2H3. The van der Waals surface area contributed by atoms with Crippen LogP contribution in [0.15, 0.2) is 28.8 Å². The molecule has 1 N–H and O–H groups in total. The summed E-state index contributed by atoms with van der Waals surface area (Å²) in [5.41, 5.74) is 0.869. The van der Waals surface area contributed by atoms with Crippen molar-refractivity contribution >= 4 is 0 Å². The molecule has 112 valence electrons. The molecule has 0 bridgehead atoms. The first kappa shape index (κ1) is 13.8. The molecule has 0 amide bonds. The van der Waals surface area contributed by atoms with Crippen LogP contribution in [0.25, 0.3) is 0 Å². The zero-order valence-corrected chi connectivity index (χ0v) is 12.1. The fraction of sp³-hybridized carbons (Fsp3) is 0.400. The van der Waals surface area contributed by atoms with E-state index in [0.717, 1.165) is 11.4 Å². The van der Waals surface area contributed by atoms with E-state index < -0.39 is 0 Å². The van der Waals surface area contributed by atoms with E-state index in [4.69, 9.17) is 18.7 Å². The van der Waals surface area contributed by atoms with Crippen molar-refractivity contribution in [1.82, 2.24) is 10.5 Å². The molecule has 1 aliphatic heterocycles. The summed E-state index contributed by atoms with van der Waals surface area (Å²) in [6.07, 6.45) is 0. The highest BCUT2D eigenvalue weighted by atomic mass is 16.7. The Morgan fingerprint density at radius 2 is 2.10 bits per heavy atom. The average molecular weight is 290 g/mol. The largest absolute Gasteiger partial charge is 0.485 e. The molecule has 6 nitrogen and oxygen atoms in total. The molecular formula is C15H18N2O4. The van der Waals surface area contributed by atoms with Crippen LogP contribution in [-0.2, 0) is 13.2 Å². The first-order valence-electron chi connectivity index (χ1n) is 6.91.